The van der Waals surface area contributed by atoms with Gasteiger partial charge in [-0.05, 0) is 6.07 Å². The molecule has 2 aromatic carbocycles. The summed E-state index contributed by atoms with van der Waals surface area (Å²) in [7, 11) is 2.82. The second-order valence-electron chi connectivity index (χ2n) is 5.39. The topological polar surface area (TPSA) is 103 Å². The SMILES string of the molecule is COc1cc2c(cc1OC)C(=O)NC(c1cc([N+](=O)[O-])c(F)cc1F)N2. The van der Waals surface area contributed by atoms with Gasteiger partial charge in [0.2, 0.25) is 5.82 Å². The van der Waals surface area contributed by atoms with Crippen molar-refractivity contribution in [3.8, 4) is 11.5 Å². The molecule has 0 fully saturated rings. The van der Waals surface area contributed by atoms with Crippen LogP contribution in [0.25, 0.3) is 0 Å². The Morgan fingerprint density at radius 2 is 1.69 bits per heavy atom. The lowest BCUT2D eigenvalue weighted by atomic mass is 10.0. The quantitative estimate of drug-likeness (QED) is 0.638. The molecule has 1 heterocycles. The number of carbonyl (C=O) groups excluding carboxylic acids is 1. The summed E-state index contributed by atoms with van der Waals surface area (Å²) in [5.41, 5.74) is -0.638. The minimum absolute atomic E-state index is 0.218. The zero-order valence-electron chi connectivity index (χ0n) is 13.6. The number of nitro groups is 1. The Labute approximate surface area is 145 Å². The number of methoxy groups -OCH3 is 2. The molecule has 0 aromatic heterocycles. The van der Waals surface area contributed by atoms with Gasteiger partial charge in [0.1, 0.15) is 12.0 Å². The maximum absolute atomic E-state index is 14.1. The van der Waals surface area contributed by atoms with E-state index < -0.39 is 34.3 Å². The van der Waals surface area contributed by atoms with Gasteiger partial charge in [0.05, 0.1) is 30.4 Å². The van der Waals surface area contributed by atoms with Crippen molar-refractivity contribution < 1.29 is 28.0 Å². The second kappa shape index (κ2) is 6.47. The molecular formula is C16H13F2N3O5. The van der Waals surface area contributed by atoms with Crippen molar-refractivity contribution in [2.24, 2.45) is 0 Å². The normalized spacial score (nSPS) is 15.5. The molecule has 3 rings (SSSR count). The van der Waals surface area contributed by atoms with Gasteiger partial charge < -0.3 is 20.1 Å². The molecule has 0 radical (unpaired) electrons. The Morgan fingerprint density at radius 1 is 1.04 bits per heavy atom. The third-order valence-corrected chi connectivity index (χ3v) is 3.92. The number of benzene rings is 2. The van der Waals surface area contributed by atoms with Crippen LogP contribution in [0.3, 0.4) is 0 Å². The third kappa shape index (κ3) is 2.85. The van der Waals surface area contributed by atoms with Gasteiger partial charge >= 0.3 is 5.69 Å². The largest absolute Gasteiger partial charge is 0.493 e. The van der Waals surface area contributed by atoms with Crippen molar-refractivity contribution >= 4 is 17.3 Å². The first-order valence-corrected chi connectivity index (χ1v) is 7.32. The highest BCUT2D eigenvalue weighted by Crippen LogP contribution is 2.37. The minimum atomic E-state index is -1.30. The Hall–Kier alpha value is -3.43. The molecule has 0 saturated heterocycles. The number of fused-ring (bicyclic) bond motifs is 1. The van der Waals surface area contributed by atoms with Gasteiger partial charge in [0.25, 0.3) is 5.91 Å². The Kier molecular flexibility index (Phi) is 4.33. The summed E-state index contributed by atoms with van der Waals surface area (Å²) >= 11 is 0. The number of ether oxygens (including phenoxy) is 2. The third-order valence-electron chi connectivity index (χ3n) is 3.92. The lowest BCUT2D eigenvalue weighted by molar-refractivity contribution is -0.387. The number of nitro benzene ring substituents is 1. The van der Waals surface area contributed by atoms with E-state index in [-0.39, 0.29) is 11.1 Å². The van der Waals surface area contributed by atoms with Crippen LogP contribution in [0.15, 0.2) is 24.3 Å². The lowest BCUT2D eigenvalue weighted by Gasteiger charge is -2.29. The number of hydrogen-bond acceptors (Lipinski definition) is 6. The number of rotatable bonds is 4. The monoisotopic (exact) mass is 365 g/mol. The molecule has 1 aliphatic heterocycles. The number of nitrogens with one attached hydrogen (secondary N) is 2. The van der Waals surface area contributed by atoms with Crippen molar-refractivity contribution in [1.29, 1.82) is 0 Å². The molecular weight excluding hydrogens is 352 g/mol. The Bertz CT molecular complexity index is 919. The van der Waals surface area contributed by atoms with E-state index in [4.69, 9.17) is 9.47 Å². The highest BCUT2D eigenvalue weighted by atomic mass is 19.1. The predicted molar refractivity (Wildman–Crippen MR) is 86.4 cm³/mol. The number of nitrogens with zero attached hydrogens (tertiary/aromatic N) is 1. The number of anilines is 1. The average Bonchev–Trinajstić information content (AvgIpc) is 2.60. The molecule has 2 aromatic rings. The van der Waals surface area contributed by atoms with E-state index in [1.54, 1.807) is 0 Å². The lowest BCUT2D eigenvalue weighted by Crippen LogP contribution is -2.39. The highest BCUT2D eigenvalue weighted by molar-refractivity contribution is 6.02. The van der Waals surface area contributed by atoms with Crippen molar-refractivity contribution in [3.05, 3.63) is 57.1 Å². The van der Waals surface area contributed by atoms with Gasteiger partial charge in [0.15, 0.2) is 11.5 Å². The first kappa shape index (κ1) is 17.4. The zero-order chi connectivity index (χ0) is 19.0. The van der Waals surface area contributed by atoms with Crippen molar-refractivity contribution in [2.75, 3.05) is 19.5 Å². The summed E-state index contributed by atoms with van der Waals surface area (Å²) in [6.07, 6.45) is -1.13. The standard InChI is InChI=1S/C16H13F2N3O5/c1-25-13-4-8-11(6-14(13)26-2)19-15(20-16(8)22)7-3-12(21(23)24)10(18)5-9(7)17/h3-6,15,19H,1-2H3,(H,20,22). The van der Waals surface area contributed by atoms with Gasteiger partial charge in [-0.2, -0.15) is 4.39 Å². The summed E-state index contributed by atoms with van der Waals surface area (Å²) in [4.78, 5) is 22.3. The maximum atomic E-state index is 14.1. The van der Waals surface area contributed by atoms with Crippen molar-refractivity contribution in [3.63, 3.8) is 0 Å². The van der Waals surface area contributed by atoms with E-state index in [1.165, 1.54) is 26.4 Å². The molecule has 1 atom stereocenters. The Balaban J connectivity index is 2.05. The van der Waals surface area contributed by atoms with Gasteiger partial charge in [-0.3, -0.25) is 14.9 Å². The molecule has 8 nitrogen and oxygen atoms in total. The van der Waals surface area contributed by atoms with Crippen LogP contribution in [0.1, 0.15) is 22.1 Å². The van der Waals surface area contributed by atoms with Crippen LogP contribution in [-0.2, 0) is 0 Å². The number of hydrogen-bond donors (Lipinski definition) is 2. The second-order valence-corrected chi connectivity index (χ2v) is 5.39. The average molecular weight is 365 g/mol. The fourth-order valence-corrected chi connectivity index (χ4v) is 2.66. The number of carbonyl (C=O) groups is 1. The highest BCUT2D eigenvalue weighted by Gasteiger charge is 2.30. The van der Waals surface area contributed by atoms with Crippen LogP contribution in [0, 0.1) is 21.7 Å². The zero-order valence-corrected chi connectivity index (χ0v) is 13.6. The van der Waals surface area contributed by atoms with E-state index in [0.717, 1.165) is 6.07 Å². The van der Waals surface area contributed by atoms with E-state index in [1.807, 2.05) is 0 Å². The molecule has 1 amide bonds. The van der Waals surface area contributed by atoms with E-state index in [0.29, 0.717) is 23.3 Å². The first-order chi connectivity index (χ1) is 12.3. The van der Waals surface area contributed by atoms with Crippen LogP contribution < -0.4 is 20.1 Å². The first-order valence-electron chi connectivity index (χ1n) is 7.32. The van der Waals surface area contributed by atoms with Crippen LogP contribution in [-0.4, -0.2) is 25.1 Å². The van der Waals surface area contributed by atoms with E-state index in [2.05, 4.69) is 10.6 Å². The van der Waals surface area contributed by atoms with E-state index in [9.17, 15) is 23.7 Å². The van der Waals surface area contributed by atoms with Crippen molar-refractivity contribution in [2.45, 2.75) is 6.17 Å². The van der Waals surface area contributed by atoms with Crippen LogP contribution >= 0.6 is 0 Å². The van der Waals surface area contributed by atoms with E-state index >= 15 is 0 Å². The fourth-order valence-electron chi connectivity index (χ4n) is 2.66. The number of amides is 1. The summed E-state index contributed by atoms with van der Waals surface area (Å²) < 4.78 is 38.0. The molecule has 1 aliphatic rings. The fraction of sp³-hybridized carbons (Fsp3) is 0.188. The van der Waals surface area contributed by atoms with Crippen LogP contribution in [0.2, 0.25) is 0 Å². The van der Waals surface area contributed by atoms with Crippen LogP contribution in [0.5, 0.6) is 11.5 Å². The number of halogens is 2. The molecule has 0 saturated carbocycles. The predicted octanol–water partition coefficient (Wildman–Crippen LogP) is 2.74. The molecule has 136 valence electrons. The summed E-state index contributed by atoms with van der Waals surface area (Å²) in [5.74, 6) is -2.24. The molecule has 0 aliphatic carbocycles. The summed E-state index contributed by atoms with van der Waals surface area (Å²) in [5, 5.41) is 16.2. The summed E-state index contributed by atoms with van der Waals surface area (Å²) in [6, 6.07) is 4.08. The van der Waals surface area contributed by atoms with Gasteiger partial charge in [-0.1, -0.05) is 0 Å². The molecule has 1 unspecified atom stereocenters. The van der Waals surface area contributed by atoms with Crippen molar-refractivity contribution in [1.82, 2.24) is 5.32 Å². The van der Waals surface area contributed by atoms with Crippen LogP contribution in [0.4, 0.5) is 20.2 Å². The molecule has 0 spiro atoms. The molecule has 2 N–H and O–H groups in total. The molecule has 10 heteroatoms. The van der Waals surface area contributed by atoms with Gasteiger partial charge in [-0.15, -0.1) is 0 Å². The minimum Gasteiger partial charge on any atom is -0.493 e. The summed E-state index contributed by atoms with van der Waals surface area (Å²) in [6.45, 7) is 0. The van der Waals surface area contributed by atoms with Gasteiger partial charge in [-0.25, -0.2) is 4.39 Å². The van der Waals surface area contributed by atoms with Gasteiger partial charge in [0, 0.05) is 23.8 Å². The molecule has 0 bridgehead atoms. The maximum Gasteiger partial charge on any atom is 0.305 e. The molecule has 26 heavy (non-hydrogen) atoms. The smallest absolute Gasteiger partial charge is 0.305 e. The Morgan fingerprint density at radius 3 is 2.31 bits per heavy atom.